The van der Waals surface area contributed by atoms with Gasteiger partial charge in [0.05, 0.1) is 0 Å². The summed E-state index contributed by atoms with van der Waals surface area (Å²) in [7, 11) is 0. The molecule has 1 aliphatic rings. The van der Waals surface area contributed by atoms with Crippen LogP contribution in [0, 0.1) is 0 Å². The van der Waals surface area contributed by atoms with Crippen LogP contribution >= 0.6 is 0 Å². The van der Waals surface area contributed by atoms with E-state index in [-0.39, 0.29) is 0 Å². The molecule has 1 atom stereocenters. The maximum Gasteiger partial charge on any atom is 0.169 e. The third kappa shape index (κ3) is 5.17. The molecule has 0 fully saturated rings. The number of benzene rings is 8. The first kappa shape index (κ1) is 29.2. The zero-order valence-corrected chi connectivity index (χ0v) is 27.6. The third-order valence-electron chi connectivity index (χ3n) is 9.93. The van der Waals surface area contributed by atoms with Gasteiger partial charge >= 0.3 is 0 Å². The van der Waals surface area contributed by atoms with Gasteiger partial charge in [0, 0.05) is 21.9 Å². The van der Waals surface area contributed by atoms with Crippen molar-refractivity contribution in [2.75, 3.05) is 0 Å². The van der Waals surface area contributed by atoms with Crippen LogP contribution in [-0.2, 0) is 0 Å². The summed E-state index contributed by atoms with van der Waals surface area (Å²) < 4.78 is 6.46. The highest BCUT2D eigenvalue weighted by molar-refractivity contribution is 6.23. The van der Waals surface area contributed by atoms with Gasteiger partial charge in [0.1, 0.15) is 22.8 Å². The molecule has 1 aromatic heterocycles. The molecule has 1 unspecified atom stereocenters. The molecule has 1 N–H and O–H groups in total. The van der Waals surface area contributed by atoms with Gasteiger partial charge in [0.15, 0.2) is 6.17 Å². The summed E-state index contributed by atoms with van der Waals surface area (Å²) in [6.45, 7) is 0. The average molecular weight is 654 g/mol. The molecule has 2 heterocycles. The molecule has 1 aliphatic heterocycles. The van der Waals surface area contributed by atoms with Gasteiger partial charge in [-0.3, -0.25) is 0 Å². The van der Waals surface area contributed by atoms with E-state index in [2.05, 4.69) is 145 Å². The lowest BCUT2D eigenvalue weighted by atomic mass is 9.96. The summed E-state index contributed by atoms with van der Waals surface area (Å²) in [4.78, 5) is 10.4. The van der Waals surface area contributed by atoms with Crippen molar-refractivity contribution in [2.24, 2.45) is 9.98 Å². The quantitative estimate of drug-likeness (QED) is 0.188. The Bertz CT molecular complexity index is 2820. The van der Waals surface area contributed by atoms with E-state index >= 15 is 0 Å². The topological polar surface area (TPSA) is 49.9 Å². The smallest absolute Gasteiger partial charge is 0.169 e. The molecule has 0 saturated carbocycles. The number of nitrogens with zero attached hydrogens (tertiary/aromatic N) is 2. The molecule has 0 bridgehead atoms. The summed E-state index contributed by atoms with van der Waals surface area (Å²) in [5, 5.41) is 10.7. The molecule has 240 valence electrons. The highest BCUT2D eigenvalue weighted by Gasteiger charge is 2.23. The van der Waals surface area contributed by atoms with Gasteiger partial charge in [-0.05, 0) is 73.6 Å². The summed E-state index contributed by atoms with van der Waals surface area (Å²) in [5.74, 6) is 1.55. The van der Waals surface area contributed by atoms with Crippen LogP contribution in [0.25, 0.3) is 65.7 Å². The Morgan fingerprint density at radius 3 is 1.86 bits per heavy atom. The van der Waals surface area contributed by atoms with Crippen molar-refractivity contribution in [1.29, 1.82) is 0 Å². The summed E-state index contributed by atoms with van der Waals surface area (Å²) in [6.07, 6.45) is -0.427. The minimum atomic E-state index is -0.427. The highest BCUT2D eigenvalue weighted by Crippen LogP contribution is 2.36. The van der Waals surface area contributed by atoms with Gasteiger partial charge in [-0.2, -0.15) is 0 Å². The van der Waals surface area contributed by atoms with Crippen LogP contribution in [0.2, 0.25) is 0 Å². The van der Waals surface area contributed by atoms with Gasteiger partial charge in [-0.15, -0.1) is 0 Å². The Balaban J connectivity index is 1.06. The average Bonchev–Trinajstić information content (AvgIpc) is 3.59. The first-order valence-corrected chi connectivity index (χ1v) is 17.3. The summed E-state index contributed by atoms with van der Waals surface area (Å²) in [6, 6.07) is 61.7. The zero-order valence-electron chi connectivity index (χ0n) is 27.6. The van der Waals surface area contributed by atoms with Crippen LogP contribution in [0.3, 0.4) is 0 Å². The molecule has 9 aromatic rings. The Morgan fingerprint density at radius 1 is 0.412 bits per heavy atom. The van der Waals surface area contributed by atoms with Crippen molar-refractivity contribution in [3.63, 3.8) is 0 Å². The normalized spacial score (nSPS) is 14.5. The van der Waals surface area contributed by atoms with Crippen molar-refractivity contribution < 1.29 is 4.42 Å². The molecular formula is C47H31N3O. The van der Waals surface area contributed by atoms with Crippen LogP contribution < -0.4 is 5.32 Å². The Morgan fingerprint density at radius 2 is 1.04 bits per heavy atom. The van der Waals surface area contributed by atoms with E-state index in [1.54, 1.807) is 0 Å². The van der Waals surface area contributed by atoms with Crippen LogP contribution in [0.4, 0.5) is 0 Å². The molecule has 0 saturated heterocycles. The predicted molar refractivity (Wildman–Crippen MR) is 211 cm³/mol. The van der Waals surface area contributed by atoms with Crippen molar-refractivity contribution in [2.45, 2.75) is 6.17 Å². The second kappa shape index (κ2) is 12.0. The number of nitrogens with one attached hydrogen (secondary N) is 1. The lowest BCUT2D eigenvalue weighted by Crippen LogP contribution is -2.36. The fourth-order valence-electron chi connectivity index (χ4n) is 7.34. The van der Waals surface area contributed by atoms with Crippen molar-refractivity contribution in [3.8, 4) is 22.3 Å². The zero-order chi connectivity index (χ0) is 33.7. The lowest BCUT2D eigenvalue weighted by Gasteiger charge is -2.23. The van der Waals surface area contributed by atoms with Crippen molar-refractivity contribution in [1.82, 2.24) is 5.32 Å². The van der Waals surface area contributed by atoms with E-state index in [4.69, 9.17) is 14.4 Å². The predicted octanol–water partition coefficient (Wildman–Crippen LogP) is 11.7. The molecule has 4 heteroatoms. The first-order chi connectivity index (χ1) is 25.2. The van der Waals surface area contributed by atoms with Crippen LogP contribution in [0.15, 0.2) is 190 Å². The summed E-state index contributed by atoms with van der Waals surface area (Å²) >= 11 is 0. The molecule has 0 spiro atoms. The maximum atomic E-state index is 6.46. The number of rotatable bonds is 5. The Hall–Kier alpha value is -6.78. The molecule has 0 amide bonds. The monoisotopic (exact) mass is 653 g/mol. The van der Waals surface area contributed by atoms with E-state index in [1.807, 2.05) is 36.4 Å². The largest absolute Gasteiger partial charge is 0.456 e. The fourth-order valence-corrected chi connectivity index (χ4v) is 7.34. The Kier molecular flexibility index (Phi) is 6.85. The molecule has 0 aliphatic carbocycles. The maximum absolute atomic E-state index is 6.46. The molecule has 51 heavy (non-hydrogen) atoms. The van der Waals surface area contributed by atoms with E-state index in [1.165, 1.54) is 27.1 Å². The van der Waals surface area contributed by atoms with Gasteiger partial charge in [0.25, 0.3) is 0 Å². The van der Waals surface area contributed by atoms with Crippen LogP contribution in [-0.4, -0.2) is 11.7 Å². The standard InChI is InChI=1S/C47H31N3O/c1-3-10-30(11-4-1)37-26-27-39-43(29-37)51-42-17-9-16-40(44(39)42)47-49-45(34-13-5-2-6-14-34)48-46(50-47)35-23-18-31(19-24-35)36-25-22-33-21-20-32-12-7-8-15-38(32)41(33)28-36/h1-29,46H,(H,48,49,50). The molecular weight excluding hydrogens is 623 g/mol. The van der Waals surface area contributed by atoms with Gasteiger partial charge in [0.2, 0.25) is 0 Å². The number of fused-ring (bicyclic) bond motifs is 6. The van der Waals surface area contributed by atoms with Crippen molar-refractivity contribution in [3.05, 3.63) is 193 Å². The molecule has 0 radical (unpaired) electrons. The van der Waals surface area contributed by atoms with Gasteiger partial charge in [-0.25, -0.2) is 9.98 Å². The lowest BCUT2D eigenvalue weighted by molar-refractivity contribution is 0.669. The van der Waals surface area contributed by atoms with Gasteiger partial charge in [-0.1, -0.05) is 152 Å². The van der Waals surface area contributed by atoms with E-state index in [0.29, 0.717) is 0 Å². The van der Waals surface area contributed by atoms with Gasteiger partial charge < -0.3 is 9.73 Å². The van der Waals surface area contributed by atoms with Crippen LogP contribution in [0.5, 0.6) is 0 Å². The van der Waals surface area contributed by atoms with Crippen molar-refractivity contribution >= 4 is 55.2 Å². The highest BCUT2D eigenvalue weighted by atomic mass is 16.3. The second-order valence-corrected chi connectivity index (χ2v) is 13.0. The molecule has 10 rings (SSSR count). The molecule has 4 nitrogen and oxygen atoms in total. The second-order valence-electron chi connectivity index (χ2n) is 13.0. The minimum Gasteiger partial charge on any atom is -0.456 e. The minimum absolute atomic E-state index is 0.427. The first-order valence-electron chi connectivity index (χ1n) is 17.3. The SMILES string of the molecule is c1ccc(C2=NC(c3ccc(-c4ccc5ccc6ccccc6c5c4)cc3)N=C(c3cccc4oc5cc(-c6ccccc6)ccc5c34)N2)cc1. The number of aliphatic imine (C=N–C) groups is 2. The van der Waals surface area contributed by atoms with E-state index in [9.17, 15) is 0 Å². The number of amidine groups is 2. The number of furan rings is 1. The molecule has 8 aromatic carbocycles. The van der Waals surface area contributed by atoms with E-state index < -0.39 is 6.17 Å². The third-order valence-corrected chi connectivity index (χ3v) is 9.93. The number of hydrogen-bond acceptors (Lipinski definition) is 4. The fraction of sp³-hybridized carbons (Fsp3) is 0.0213. The Labute approximate surface area is 295 Å². The number of hydrogen-bond donors (Lipinski definition) is 1. The van der Waals surface area contributed by atoms with Crippen LogP contribution in [0.1, 0.15) is 22.9 Å². The summed E-state index contributed by atoms with van der Waals surface area (Å²) in [5.41, 5.74) is 9.30. The van der Waals surface area contributed by atoms with E-state index in [0.717, 1.165) is 67.0 Å².